The molecule has 0 unspecified atom stereocenters. The molecule has 0 atom stereocenters. The van der Waals surface area contributed by atoms with Crippen LogP contribution in [0.2, 0.25) is 0 Å². The molecule has 0 N–H and O–H groups in total. The summed E-state index contributed by atoms with van der Waals surface area (Å²) in [5, 5.41) is 0. The normalized spacial score (nSPS) is 12.3. The Morgan fingerprint density at radius 2 is 1.93 bits per heavy atom. The summed E-state index contributed by atoms with van der Waals surface area (Å²) in [6.45, 7) is 2.24. The van der Waals surface area contributed by atoms with Gasteiger partial charge in [-0.15, -0.1) is 0 Å². The number of rotatable bonds is 2. The van der Waals surface area contributed by atoms with E-state index in [2.05, 4.69) is 37.3 Å². The Morgan fingerprint density at radius 3 is 2.53 bits per heavy atom. The average Bonchev–Trinajstić information content (AvgIpc) is 2.61. The van der Waals surface area contributed by atoms with Gasteiger partial charge in [0.15, 0.2) is 0 Å². The molecule has 1 aliphatic rings. The van der Waals surface area contributed by atoms with E-state index in [1.165, 1.54) is 30.4 Å². The molecule has 0 amide bonds. The van der Waals surface area contributed by atoms with Crippen molar-refractivity contribution < 1.29 is 29.7 Å². The summed E-state index contributed by atoms with van der Waals surface area (Å²) in [6.07, 6.45) is 6.05. The van der Waals surface area contributed by atoms with E-state index in [1.54, 1.807) is 5.57 Å². The van der Waals surface area contributed by atoms with Crippen LogP contribution in [0.5, 0.6) is 0 Å². The fourth-order valence-corrected chi connectivity index (χ4v) is 1.83. The van der Waals surface area contributed by atoms with Crippen LogP contribution < -0.4 is 0 Å². The van der Waals surface area contributed by atoms with Crippen molar-refractivity contribution in [3.8, 4) is 0 Å². The molecule has 0 nitrogen and oxygen atoms in total. The first-order valence-corrected chi connectivity index (χ1v) is 6.91. The second-order valence-electron chi connectivity index (χ2n) is 3.50. The fourth-order valence-electron chi connectivity index (χ4n) is 1.83. The predicted molar refractivity (Wildman–Crippen MR) is 55.2 cm³/mol. The van der Waals surface area contributed by atoms with Crippen LogP contribution in [-0.2, 0) is 30.9 Å². The summed E-state index contributed by atoms with van der Waals surface area (Å²) in [4.78, 5) is 0. The molecule has 0 heterocycles. The minimum atomic E-state index is -2.77. The van der Waals surface area contributed by atoms with Crippen molar-refractivity contribution in [1.29, 1.82) is 0 Å². The zero-order chi connectivity index (χ0) is 11.1. The van der Waals surface area contributed by atoms with E-state index >= 15 is 0 Å². The molecular weight excluding hydrogens is 273 g/mol. The van der Waals surface area contributed by atoms with Gasteiger partial charge in [0.2, 0.25) is 0 Å². The number of hydrogen-bond donors (Lipinski definition) is 0. The van der Waals surface area contributed by atoms with Crippen molar-refractivity contribution in [2.24, 2.45) is 0 Å². The van der Waals surface area contributed by atoms with Crippen LogP contribution in [-0.4, -0.2) is 0 Å². The summed E-state index contributed by atoms with van der Waals surface area (Å²) in [5.74, 6) is 0. The quantitative estimate of drug-likeness (QED) is 0.762. The molecule has 1 aliphatic carbocycles. The van der Waals surface area contributed by atoms with E-state index in [0.29, 0.717) is 0 Å². The molecule has 0 aromatic heterocycles. The van der Waals surface area contributed by atoms with Gasteiger partial charge >= 0.3 is 29.7 Å². The minimum absolute atomic E-state index is 1.18. The number of fused-ring (bicyclic) bond motifs is 1. The van der Waals surface area contributed by atoms with Crippen LogP contribution in [0, 0.1) is 0 Å². The average molecular weight is 287 g/mol. The SMILES string of the molecule is CCCC1=Cc2ccccc2C1.[F][Zr][F]. The molecule has 0 fully saturated rings. The molecular formula is C12H14F2Zr. The van der Waals surface area contributed by atoms with Gasteiger partial charge in [-0.25, -0.2) is 0 Å². The Hall–Kier alpha value is -0.297. The topological polar surface area (TPSA) is 0 Å². The monoisotopic (exact) mass is 286 g/mol. The molecule has 1 aromatic rings. The van der Waals surface area contributed by atoms with Crippen molar-refractivity contribution in [3.63, 3.8) is 0 Å². The van der Waals surface area contributed by atoms with Crippen LogP contribution in [0.3, 0.4) is 0 Å². The maximum atomic E-state index is 9.80. The number of halogens is 2. The first-order valence-electron chi connectivity index (χ1n) is 5.05. The molecule has 0 radical (unpaired) electrons. The summed E-state index contributed by atoms with van der Waals surface area (Å²) >= 11 is -2.77. The molecule has 1 aromatic carbocycles. The summed E-state index contributed by atoms with van der Waals surface area (Å²) in [7, 11) is 0. The first kappa shape index (κ1) is 12.8. The number of allylic oxidation sites excluding steroid dienone is 1. The van der Waals surface area contributed by atoms with Crippen LogP contribution in [0.15, 0.2) is 29.8 Å². The van der Waals surface area contributed by atoms with Crippen molar-refractivity contribution in [2.75, 3.05) is 0 Å². The van der Waals surface area contributed by atoms with Crippen LogP contribution in [0.1, 0.15) is 30.9 Å². The molecule has 0 spiro atoms. The van der Waals surface area contributed by atoms with E-state index in [1.807, 2.05) is 0 Å². The Morgan fingerprint density at radius 1 is 1.27 bits per heavy atom. The molecule has 0 aliphatic heterocycles. The second kappa shape index (κ2) is 7.06. The van der Waals surface area contributed by atoms with Crippen LogP contribution in [0.4, 0.5) is 5.25 Å². The van der Waals surface area contributed by atoms with Crippen LogP contribution in [0.25, 0.3) is 6.08 Å². The van der Waals surface area contributed by atoms with E-state index in [-0.39, 0.29) is 0 Å². The van der Waals surface area contributed by atoms with Gasteiger partial charge in [0.1, 0.15) is 0 Å². The van der Waals surface area contributed by atoms with Gasteiger partial charge in [-0.1, -0.05) is 49.3 Å². The second-order valence-corrected chi connectivity index (χ2v) is 3.85. The molecule has 0 bridgehead atoms. The van der Waals surface area contributed by atoms with Crippen molar-refractivity contribution in [1.82, 2.24) is 0 Å². The molecule has 15 heavy (non-hydrogen) atoms. The molecule has 80 valence electrons. The Bertz CT molecular complexity index is 334. The third-order valence-corrected chi connectivity index (χ3v) is 2.40. The van der Waals surface area contributed by atoms with Gasteiger partial charge in [0, 0.05) is 0 Å². The molecule has 3 heteroatoms. The van der Waals surface area contributed by atoms with Gasteiger partial charge < -0.3 is 0 Å². The summed E-state index contributed by atoms with van der Waals surface area (Å²) in [6, 6.07) is 8.68. The summed E-state index contributed by atoms with van der Waals surface area (Å²) in [5.41, 5.74) is 4.53. The third kappa shape index (κ3) is 3.98. The maximum absolute atomic E-state index is 9.80. The summed E-state index contributed by atoms with van der Waals surface area (Å²) < 4.78 is 19.6. The van der Waals surface area contributed by atoms with E-state index in [9.17, 15) is 5.25 Å². The standard InChI is InChI=1S/C12H14.2FH.Zr/c1-2-5-10-8-11-6-3-4-7-12(11)9-10;;;/h3-4,6-8H,2,5,9H2,1H3;2*1H;/q;;;+2/p-2. The Kier molecular flexibility index (Phi) is 6.01. The molecule has 2 rings (SSSR count). The van der Waals surface area contributed by atoms with Crippen molar-refractivity contribution >= 4 is 6.08 Å². The van der Waals surface area contributed by atoms with Gasteiger partial charge in [-0.3, -0.25) is 0 Å². The predicted octanol–water partition coefficient (Wildman–Crippen LogP) is 4.26. The number of benzene rings is 1. The van der Waals surface area contributed by atoms with Crippen molar-refractivity contribution in [2.45, 2.75) is 26.2 Å². The van der Waals surface area contributed by atoms with E-state index in [4.69, 9.17) is 0 Å². The van der Waals surface area contributed by atoms with Gasteiger partial charge in [0.05, 0.1) is 0 Å². The first-order chi connectivity index (χ1) is 7.31. The Balaban J connectivity index is 0.000000337. The molecule has 0 saturated heterocycles. The molecule has 0 saturated carbocycles. The Labute approximate surface area is 103 Å². The van der Waals surface area contributed by atoms with E-state index in [0.717, 1.165) is 0 Å². The zero-order valence-corrected chi connectivity index (χ0v) is 11.2. The van der Waals surface area contributed by atoms with Gasteiger partial charge in [-0.2, -0.15) is 0 Å². The zero-order valence-electron chi connectivity index (χ0n) is 8.76. The fraction of sp³-hybridized carbons (Fsp3) is 0.333. The van der Waals surface area contributed by atoms with E-state index < -0.39 is 24.5 Å². The van der Waals surface area contributed by atoms with Crippen molar-refractivity contribution in [3.05, 3.63) is 41.0 Å². The third-order valence-electron chi connectivity index (χ3n) is 2.40. The van der Waals surface area contributed by atoms with Gasteiger partial charge in [-0.05, 0) is 24.0 Å². The van der Waals surface area contributed by atoms with Crippen LogP contribution >= 0.6 is 0 Å². The van der Waals surface area contributed by atoms with Gasteiger partial charge in [0.25, 0.3) is 0 Å². The number of hydrogen-bond acceptors (Lipinski definition) is 0.